The Morgan fingerprint density at radius 2 is 1.67 bits per heavy atom. The highest BCUT2D eigenvalue weighted by molar-refractivity contribution is 5.70. The fourth-order valence-corrected chi connectivity index (χ4v) is 2.11. The van der Waals surface area contributed by atoms with Crippen molar-refractivity contribution in [2.45, 2.75) is 26.4 Å². The van der Waals surface area contributed by atoms with Crippen LogP contribution in [0.3, 0.4) is 0 Å². The van der Waals surface area contributed by atoms with Crippen molar-refractivity contribution in [3.63, 3.8) is 0 Å². The van der Waals surface area contributed by atoms with Gasteiger partial charge >= 0.3 is 5.97 Å². The molecule has 3 nitrogen and oxygen atoms in total. The van der Waals surface area contributed by atoms with Gasteiger partial charge in [0, 0.05) is 0 Å². The Balaban J connectivity index is 1.97. The Bertz CT molecular complexity index is 575. The van der Waals surface area contributed by atoms with E-state index in [2.05, 4.69) is 0 Å². The number of carboxylic acid groups (broad SMARTS) is 1. The van der Waals surface area contributed by atoms with Crippen molar-refractivity contribution in [2.24, 2.45) is 5.92 Å². The van der Waals surface area contributed by atoms with Crippen LogP contribution in [0.5, 0.6) is 5.75 Å². The molecular weight excluding hydrogens is 264 g/mol. The van der Waals surface area contributed by atoms with Crippen LogP contribution in [0.25, 0.3) is 0 Å². The maximum absolute atomic E-state index is 11.0. The average molecular weight is 284 g/mol. The summed E-state index contributed by atoms with van der Waals surface area (Å²) in [6, 6.07) is 17.6. The lowest BCUT2D eigenvalue weighted by Gasteiger charge is -2.16. The van der Waals surface area contributed by atoms with Gasteiger partial charge in [-0.2, -0.15) is 0 Å². The van der Waals surface area contributed by atoms with Crippen LogP contribution in [0.1, 0.15) is 30.9 Å². The van der Waals surface area contributed by atoms with Crippen molar-refractivity contribution < 1.29 is 14.6 Å². The van der Waals surface area contributed by atoms with Gasteiger partial charge in [-0.1, -0.05) is 56.3 Å². The SMILES string of the molecule is CC(C(=O)O)C(C)c1ccc(OCc2ccccc2)cc1. The molecule has 0 bridgehead atoms. The molecule has 0 heterocycles. The van der Waals surface area contributed by atoms with E-state index in [0.29, 0.717) is 6.61 Å². The second kappa shape index (κ2) is 6.93. The zero-order valence-electron chi connectivity index (χ0n) is 12.3. The molecule has 0 saturated heterocycles. The summed E-state index contributed by atoms with van der Waals surface area (Å²) in [4.78, 5) is 11.0. The molecular formula is C18H20O3. The molecule has 2 rings (SSSR count). The van der Waals surface area contributed by atoms with E-state index in [4.69, 9.17) is 9.84 Å². The third kappa shape index (κ3) is 4.09. The minimum Gasteiger partial charge on any atom is -0.489 e. The number of rotatable bonds is 6. The largest absolute Gasteiger partial charge is 0.489 e. The maximum Gasteiger partial charge on any atom is 0.306 e. The molecule has 2 aromatic carbocycles. The fraction of sp³-hybridized carbons (Fsp3) is 0.278. The van der Waals surface area contributed by atoms with Gasteiger partial charge in [-0.3, -0.25) is 4.79 Å². The Labute approximate surface area is 125 Å². The van der Waals surface area contributed by atoms with E-state index >= 15 is 0 Å². The molecule has 1 N–H and O–H groups in total. The van der Waals surface area contributed by atoms with Gasteiger partial charge in [-0.15, -0.1) is 0 Å². The first kappa shape index (κ1) is 15.1. The Morgan fingerprint density at radius 3 is 2.24 bits per heavy atom. The van der Waals surface area contributed by atoms with Crippen molar-refractivity contribution in [1.82, 2.24) is 0 Å². The molecule has 0 aliphatic rings. The lowest BCUT2D eigenvalue weighted by atomic mass is 9.89. The van der Waals surface area contributed by atoms with Gasteiger partial charge in [0.15, 0.2) is 0 Å². The summed E-state index contributed by atoms with van der Waals surface area (Å²) in [6.45, 7) is 4.19. The minimum atomic E-state index is -0.771. The number of hydrogen-bond acceptors (Lipinski definition) is 2. The molecule has 0 radical (unpaired) electrons. The van der Waals surface area contributed by atoms with E-state index in [9.17, 15) is 4.79 Å². The van der Waals surface area contributed by atoms with Gasteiger partial charge in [0.25, 0.3) is 0 Å². The van der Waals surface area contributed by atoms with Gasteiger partial charge in [-0.05, 0) is 29.2 Å². The Kier molecular flexibility index (Phi) is 4.99. The quantitative estimate of drug-likeness (QED) is 0.869. The van der Waals surface area contributed by atoms with E-state index in [1.807, 2.05) is 61.5 Å². The van der Waals surface area contributed by atoms with Crippen molar-refractivity contribution in [1.29, 1.82) is 0 Å². The highest BCUT2D eigenvalue weighted by Crippen LogP contribution is 2.26. The first-order valence-corrected chi connectivity index (χ1v) is 7.07. The normalized spacial score (nSPS) is 13.4. The maximum atomic E-state index is 11.0. The van der Waals surface area contributed by atoms with Crippen LogP contribution in [-0.4, -0.2) is 11.1 Å². The molecule has 0 spiro atoms. The van der Waals surface area contributed by atoms with Gasteiger partial charge in [0.1, 0.15) is 12.4 Å². The molecule has 3 heteroatoms. The average Bonchev–Trinajstić information content (AvgIpc) is 2.53. The molecule has 0 saturated carbocycles. The molecule has 0 aliphatic carbocycles. The summed E-state index contributed by atoms with van der Waals surface area (Å²) >= 11 is 0. The number of ether oxygens (including phenoxy) is 1. The summed E-state index contributed by atoms with van der Waals surface area (Å²) in [5.41, 5.74) is 2.13. The van der Waals surface area contributed by atoms with E-state index in [1.165, 1.54) is 0 Å². The summed E-state index contributed by atoms with van der Waals surface area (Å²) in [5, 5.41) is 9.05. The predicted octanol–water partition coefficient (Wildman–Crippen LogP) is 4.09. The van der Waals surface area contributed by atoms with E-state index < -0.39 is 11.9 Å². The highest BCUT2D eigenvalue weighted by Gasteiger charge is 2.20. The predicted molar refractivity (Wildman–Crippen MR) is 82.4 cm³/mol. The molecule has 0 aliphatic heterocycles. The molecule has 2 aromatic rings. The molecule has 2 atom stereocenters. The van der Waals surface area contributed by atoms with Gasteiger partial charge < -0.3 is 9.84 Å². The van der Waals surface area contributed by atoms with Crippen LogP contribution in [0.15, 0.2) is 54.6 Å². The van der Waals surface area contributed by atoms with Crippen LogP contribution >= 0.6 is 0 Å². The molecule has 0 fully saturated rings. The zero-order chi connectivity index (χ0) is 15.2. The van der Waals surface area contributed by atoms with Crippen molar-refractivity contribution in [2.75, 3.05) is 0 Å². The summed E-state index contributed by atoms with van der Waals surface area (Å²) in [7, 11) is 0. The summed E-state index contributed by atoms with van der Waals surface area (Å²) in [6.07, 6.45) is 0. The number of aliphatic carboxylic acids is 1. The fourth-order valence-electron chi connectivity index (χ4n) is 2.11. The highest BCUT2D eigenvalue weighted by atomic mass is 16.5. The molecule has 110 valence electrons. The van der Waals surface area contributed by atoms with Crippen LogP contribution < -0.4 is 4.74 Å². The Morgan fingerprint density at radius 1 is 1.05 bits per heavy atom. The number of carboxylic acids is 1. The van der Waals surface area contributed by atoms with Crippen LogP contribution in [0.4, 0.5) is 0 Å². The van der Waals surface area contributed by atoms with Crippen molar-refractivity contribution in [3.05, 3.63) is 65.7 Å². The summed E-state index contributed by atoms with van der Waals surface area (Å²) in [5.74, 6) is -0.406. The standard InChI is InChI=1S/C18H20O3/c1-13(14(2)18(19)20)16-8-10-17(11-9-16)21-12-15-6-4-3-5-7-15/h3-11,13-14H,12H2,1-2H3,(H,19,20). The van der Waals surface area contributed by atoms with Crippen LogP contribution in [-0.2, 0) is 11.4 Å². The first-order valence-electron chi connectivity index (χ1n) is 7.07. The van der Waals surface area contributed by atoms with E-state index in [-0.39, 0.29) is 5.92 Å². The summed E-state index contributed by atoms with van der Waals surface area (Å²) < 4.78 is 5.72. The third-order valence-electron chi connectivity index (χ3n) is 3.79. The molecule has 0 aromatic heterocycles. The first-order chi connectivity index (χ1) is 10.1. The third-order valence-corrected chi connectivity index (χ3v) is 3.79. The lowest BCUT2D eigenvalue weighted by molar-refractivity contribution is -0.141. The molecule has 2 unspecified atom stereocenters. The second-order valence-corrected chi connectivity index (χ2v) is 5.26. The van der Waals surface area contributed by atoms with Crippen molar-refractivity contribution in [3.8, 4) is 5.75 Å². The topological polar surface area (TPSA) is 46.5 Å². The van der Waals surface area contributed by atoms with Crippen LogP contribution in [0.2, 0.25) is 0 Å². The van der Waals surface area contributed by atoms with Crippen LogP contribution in [0, 0.1) is 5.92 Å². The molecule has 21 heavy (non-hydrogen) atoms. The second-order valence-electron chi connectivity index (χ2n) is 5.26. The van der Waals surface area contributed by atoms with Gasteiger partial charge in [0.05, 0.1) is 5.92 Å². The van der Waals surface area contributed by atoms with Gasteiger partial charge in [-0.25, -0.2) is 0 Å². The van der Waals surface area contributed by atoms with Crippen molar-refractivity contribution >= 4 is 5.97 Å². The number of hydrogen-bond donors (Lipinski definition) is 1. The number of carbonyl (C=O) groups is 1. The van der Waals surface area contributed by atoms with E-state index in [0.717, 1.165) is 16.9 Å². The zero-order valence-corrected chi connectivity index (χ0v) is 12.3. The van der Waals surface area contributed by atoms with Gasteiger partial charge in [0.2, 0.25) is 0 Å². The monoisotopic (exact) mass is 284 g/mol. The lowest BCUT2D eigenvalue weighted by Crippen LogP contribution is -2.16. The number of benzene rings is 2. The molecule has 0 amide bonds. The van der Waals surface area contributed by atoms with E-state index in [1.54, 1.807) is 6.92 Å². The Hall–Kier alpha value is -2.29. The smallest absolute Gasteiger partial charge is 0.306 e. The minimum absolute atomic E-state index is 0.0225.